The fourth-order valence-electron chi connectivity index (χ4n) is 1.69. The predicted octanol–water partition coefficient (Wildman–Crippen LogP) is 3.43. The Morgan fingerprint density at radius 1 is 1.25 bits per heavy atom. The number of hydrogen-bond acceptors (Lipinski definition) is 2. The predicted molar refractivity (Wildman–Crippen MR) is 69.2 cm³/mol. The molecule has 94 valence electrons. The molecule has 4 heteroatoms. The number of carboxylic acid groups (broad SMARTS) is 1. The standard InChI is InChI=1S/C12H24O3Si/c1-5-16(6-2,7-3)15-10-8-9-11(4)12(13)14/h9H,5-8,10H2,1-4H3,(H,13,14). The number of carboxylic acids is 1. The molecule has 0 rings (SSSR count). The fourth-order valence-corrected chi connectivity index (χ4v) is 4.36. The molecule has 0 saturated carbocycles. The van der Waals surface area contributed by atoms with Gasteiger partial charge in [-0.2, -0.15) is 0 Å². The van der Waals surface area contributed by atoms with Gasteiger partial charge in [0.2, 0.25) is 0 Å². The maximum Gasteiger partial charge on any atom is 0.330 e. The fraction of sp³-hybridized carbons (Fsp3) is 0.750. The number of hydrogen-bond donors (Lipinski definition) is 1. The molecule has 3 nitrogen and oxygen atoms in total. The summed E-state index contributed by atoms with van der Waals surface area (Å²) in [5.74, 6) is -0.843. The van der Waals surface area contributed by atoms with Crippen molar-refractivity contribution < 1.29 is 14.3 Å². The molecule has 0 bridgehead atoms. The number of carbonyl (C=O) groups is 1. The number of aliphatic carboxylic acids is 1. The van der Waals surface area contributed by atoms with Crippen LogP contribution in [0.4, 0.5) is 0 Å². The van der Waals surface area contributed by atoms with E-state index in [1.54, 1.807) is 13.0 Å². The molecule has 0 fully saturated rings. The monoisotopic (exact) mass is 244 g/mol. The molecule has 16 heavy (non-hydrogen) atoms. The zero-order valence-electron chi connectivity index (χ0n) is 10.9. The van der Waals surface area contributed by atoms with E-state index in [0.717, 1.165) is 18.1 Å². The van der Waals surface area contributed by atoms with Crippen LogP contribution in [-0.4, -0.2) is 26.0 Å². The summed E-state index contributed by atoms with van der Waals surface area (Å²) >= 11 is 0. The van der Waals surface area contributed by atoms with Crippen LogP contribution in [-0.2, 0) is 9.22 Å². The summed E-state index contributed by atoms with van der Waals surface area (Å²) in [6.45, 7) is 8.85. The zero-order chi connectivity index (χ0) is 12.6. The molecule has 0 aromatic carbocycles. The summed E-state index contributed by atoms with van der Waals surface area (Å²) in [6, 6.07) is 3.42. The summed E-state index contributed by atoms with van der Waals surface area (Å²) in [5, 5.41) is 8.68. The normalized spacial score (nSPS) is 12.9. The molecule has 0 aliphatic heterocycles. The molecule has 0 heterocycles. The molecule has 0 amide bonds. The Labute approximate surface area is 99.6 Å². The van der Waals surface area contributed by atoms with Crippen molar-refractivity contribution in [2.45, 2.75) is 52.2 Å². The van der Waals surface area contributed by atoms with Crippen molar-refractivity contribution in [3.05, 3.63) is 11.6 Å². The van der Waals surface area contributed by atoms with Crippen molar-refractivity contribution in [2.24, 2.45) is 0 Å². The van der Waals surface area contributed by atoms with Gasteiger partial charge in [0.25, 0.3) is 0 Å². The molecule has 0 saturated heterocycles. The molecule has 0 aromatic rings. The quantitative estimate of drug-likeness (QED) is 0.404. The Hall–Kier alpha value is -0.613. The molecule has 0 spiro atoms. The molecule has 0 aliphatic carbocycles. The van der Waals surface area contributed by atoms with E-state index in [0.29, 0.717) is 18.6 Å². The van der Waals surface area contributed by atoms with Crippen molar-refractivity contribution in [1.29, 1.82) is 0 Å². The second kappa shape index (κ2) is 7.63. The highest BCUT2D eigenvalue weighted by Gasteiger charge is 2.27. The van der Waals surface area contributed by atoms with Gasteiger partial charge in [0, 0.05) is 12.2 Å². The number of rotatable bonds is 8. The van der Waals surface area contributed by atoms with Gasteiger partial charge in [-0.15, -0.1) is 0 Å². The van der Waals surface area contributed by atoms with Crippen molar-refractivity contribution in [3.8, 4) is 0 Å². The molecule has 0 unspecified atom stereocenters. The van der Waals surface area contributed by atoms with Crippen LogP contribution in [0.3, 0.4) is 0 Å². The third kappa shape index (κ3) is 4.94. The Morgan fingerprint density at radius 2 is 1.75 bits per heavy atom. The van der Waals surface area contributed by atoms with Crippen LogP contribution < -0.4 is 0 Å². The maximum atomic E-state index is 10.6. The van der Waals surface area contributed by atoms with Crippen molar-refractivity contribution >= 4 is 14.3 Å². The van der Waals surface area contributed by atoms with E-state index in [1.807, 2.05) is 0 Å². The second-order valence-electron chi connectivity index (χ2n) is 4.07. The van der Waals surface area contributed by atoms with Crippen LogP contribution in [0.5, 0.6) is 0 Å². The summed E-state index contributed by atoms with van der Waals surface area (Å²) < 4.78 is 6.01. The molecule has 0 aliphatic rings. The SMILES string of the molecule is CC[Si](CC)(CC)OCCC=C(C)C(=O)O. The van der Waals surface area contributed by atoms with E-state index in [1.165, 1.54) is 0 Å². The minimum Gasteiger partial charge on any atom is -0.478 e. The minimum atomic E-state index is -1.49. The lowest BCUT2D eigenvalue weighted by molar-refractivity contribution is -0.132. The summed E-state index contributed by atoms with van der Waals surface area (Å²) in [4.78, 5) is 10.6. The zero-order valence-corrected chi connectivity index (χ0v) is 11.9. The summed E-state index contributed by atoms with van der Waals surface area (Å²) in [6.07, 6.45) is 2.44. The van der Waals surface area contributed by atoms with E-state index in [4.69, 9.17) is 9.53 Å². The van der Waals surface area contributed by atoms with Crippen LogP contribution in [0.1, 0.15) is 34.1 Å². The highest BCUT2D eigenvalue weighted by molar-refractivity contribution is 6.73. The first-order valence-corrected chi connectivity index (χ1v) is 8.58. The lowest BCUT2D eigenvalue weighted by atomic mass is 10.2. The Kier molecular flexibility index (Phi) is 7.33. The van der Waals surface area contributed by atoms with Gasteiger partial charge in [-0.3, -0.25) is 0 Å². The molecule has 0 radical (unpaired) electrons. The topological polar surface area (TPSA) is 46.5 Å². The third-order valence-electron chi connectivity index (χ3n) is 3.25. The molecular weight excluding hydrogens is 220 g/mol. The second-order valence-corrected chi connectivity index (χ2v) is 8.85. The average Bonchev–Trinajstić information content (AvgIpc) is 2.30. The van der Waals surface area contributed by atoms with Crippen LogP contribution in [0.15, 0.2) is 11.6 Å². The van der Waals surface area contributed by atoms with Crippen LogP contribution >= 0.6 is 0 Å². The van der Waals surface area contributed by atoms with Gasteiger partial charge in [-0.05, 0) is 31.5 Å². The molecule has 0 atom stereocenters. The van der Waals surface area contributed by atoms with Gasteiger partial charge < -0.3 is 9.53 Å². The van der Waals surface area contributed by atoms with Gasteiger partial charge >= 0.3 is 5.97 Å². The van der Waals surface area contributed by atoms with Gasteiger partial charge in [0.15, 0.2) is 8.32 Å². The van der Waals surface area contributed by atoms with E-state index < -0.39 is 14.3 Å². The molecule has 0 aromatic heterocycles. The van der Waals surface area contributed by atoms with Gasteiger partial charge in [0.1, 0.15) is 0 Å². The lowest BCUT2D eigenvalue weighted by Crippen LogP contribution is -2.35. The Bertz CT molecular complexity index is 236. The van der Waals surface area contributed by atoms with Crippen LogP contribution in [0, 0.1) is 0 Å². The van der Waals surface area contributed by atoms with Crippen molar-refractivity contribution in [1.82, 2.24) is 0 Å². The molecule has 1 N–H and O–H groups in total. The highest BCUT2D eigenvalue weighted by Crippen LogP contribution is 2.21. The summed E-state index contributed by atoms with van der Waals surface area (Å²) in [5.41, 5.74) is 0.403. The summed E-state index contributed by atoms with van der Waals surface area (Å²) in [7, 11) is -1.49. The van der Waals surface area contributed by atoms with Crippen LogP contribution in [0.2, 0.25) is 18.1 Å². The van der Waals surface area contributed by atoms with Crippen LogP contribution in [0.25, 0.3) is 0 Å². The Balaban J connectivity index is 4.06. The van der Waals surface area contributed by atoms with E-state index in [-0.39, 0.29) is 0 Å². The smallest absolute Gasteiger partial charge is 0.330 e. The highest BCUT2D eigenvalue weighted by atomic mass is 28.4. The first-order chi connectivity index (χ1) is 7.51. The third-order valence-corrected chi connectivity index (χ3v) is 7.93. The van der Waals surface area contributed by atoms with Crippen molar-refractivity contribution in [3.63, 3.8) is 0 Å². The van der Waals surface area contributed by atoms with E-state index >= 15 is 0 Å². The Morgan fingerprint density at radius 3 is 2.12 bits per heavy atom. The first-order valence-electron chi connectivity index (χ1n) is 6.05. The van der Waals surface area contributed by atoms with Gasteiger partial charge in [-0.1, -0.05) is 26.8 Å². The minimum absolute atomic E-state index is 0.403. The van der Waals surface area contributed by atoms with E-state index in [2.05, 4.69) is 20.8 Å². The first kappa shape index (κ1) is 15.4. The van der Waals surface area contributed by atoms with Crippen molar-refractivity contribution in [2.75, 3.05) is 6.61 Å². The average molecular weight is 244 g/mol. The van der Waals surface area contributed by atoms with E-state index in [9.17, 15) is 4.79 Å². The van der Waals surface area contributed by atoms with Gasteiger partial charge in [0.05, 0.1) is 0 Å². The molecular formula is C12H24O3Si. The van der Waals surface area contributed by atoms with Gasteiger partial charge in [-0.25, -0.2) is 4.79 Å². The maximum absolute atomic E-state index is 10.6. The largest absolute Gasteiger partial charge is 0.478 e. The lowest BCUT2D eigenvalue weighted by Gasteiger charge is -2.27.